The summed E-state index contributed by atoms with van der Waals surface area (Å²) < 4.78 is 5.70. The van der Waals surface area contributed by atoms with Crippen LogP contribution in [0.4, 0.5) is 0 Å². The maximum Gasteiger partial charge on any atom is 0.222 e. The van der Waals surface area contributed by atoms with E-state index in [0.29, 0.717) is 30.4 Å². The number of nitrogens with one attached hydrogen (secondary N) is 1. The summed E-state index contributed by atoms with van der Waals surface area (Å²) in [6.45, 7) is 3.91. The predicted molar refractivity (Wildman–Crippen MR) is 73.9 cm³/mol. The van der Waals surface area contributed by atoms with Gasteiger partial charge in [-0.25, -0.2) is 0 Å². The number of fused-ring (bicyclic) bond motifs is 1. The maximum absolute atomic E-state index is 12.3. The van der Waals surface area contributed by atoms with E-state index >= 15 is 0 Å². The number of hydrogen-bond acceptors (Lipinski definition) is 3. The largest absolute Gasteiger partial charge is 0.378 e. The molecule has 3 aliphatic rings. The molecule has 0 aromatic carbocycles. The van der Waals surface area contributed by atoms with Crippen LogP contribution in [0.25, 0.3) is 0 Å². The van der Waals surface area contributed by atoms with Crippen molar-refractivity contribution in [1.29, 1.82) is 0 Å². The van der Waals surface area contributed by atoms with Crippen molar-refractivity contribution in [3.8, 4) is 0 Å². The van der Waals surface area contributed by atoms with Crippen LogP contribution in [-0.2, 0) is 9.53 Å². The molecule has 3 rings (SSSR count). The molecule has 0 spiro atoms. The average Bonchev–Trinajstić information content (AvgIpc) is 2.90. The van der Waals surface area contributed by atoms with Crippen molar-refractivity contribution >= 4 is 5.91 Å². The average molecular weight is 266 g/mol. The number of piperidine rings is 1. The van der Waals surface area contributed by atoms with E-state index in [1.807, 2.05) is 0 Å². The third kappa shape index (κ3) is 3.29. The molecule has 1 amide bonds. The number of hydrogen-bond donors (Lipinski definition) is 1. The summed E-state index contributed by atoms with van der Waals surface area (Å²) >= 11 is 0. The smallest absolute Gasteiger partial charge is 0.222 e. The van der Waals surface area contributed by atoms with Gasteiger partial charge in [-0.3, -0.25) is 4.79 Å². The predicted octanol–water partition coefficient (Wildman–Crippen LogP) is 1.55. The highest BCUT2D eigenvalue weighted by Crippen LogP contribution is 2.26. The van der Waals surface area contributed by atoms with E-state index in [-0.39, 0.29) is 0 Å². The summed E-state index contributed by atoms with van der Waals surface area (Å²) in [7, 11) is 0. The summed E-state index contributed by atoms with van der Waals surface area (Å²) in [5.41, 5.74) is 0. The van der Waals surface area contributed by atoms with Gasteiger partial charge >= 0.3 is 0 Å². The van der Waals surface area contributed by atoms with Crippen LogP contribution >= 0.6 is 0 Å². The quantitative estimate of drug-likeness (QED) is 0.842. The van der Waals surface area contributed by atoms with Crippen LogP contribution in [0.15, 0.2) is 0 Å². The van der Waals surface area contributed by atoms with Crippen LogP contribution in [0.2, 0.25) is 0 Å². The second kappa shape index (κ2) is 6.23. The topological polar surface area (TPSA) is 41.6 Å². The second-order valence-electron chi connectivity index (χ2n) is 6.29. The monoisotopic (exact) mass is 266 g/mol. The molecule has 3 aliphatic heterocycles. The third-order valence-electron chi connectivity index (χ3n) is 4.91. The molecular weight excluding hydrogens is 240 g/mol. The van der Waals surface area contributed by atoms with Crippen LogP contribution in [-0.4, -0.2) is 49.2 Å². The first-order valence-electron chi connectivity index (χ1n) is 7.95. The molecule has 0 aromatic heterocycles. The van der Waals surface area contributed by atoms with E-state index in [0.717, 1.165) is 39.1 Å². The number of amides is 1. The lowest BCUT2D eigenvalue weighted by molar-refractivity contribution is -0.131. The Morgan fingerprint density at radius 2 is 2.16 bits per heavy atom. The zero-order valence-electron chi connectivity index (χ0n) is 11.8. The molecule has 3 heterocycles. The Balaban J connectivity index is 1.43. The van der Waals surface area contributed by atoms with Gasteiger partial charge in [0.1, 0.15) is 0 Å². The van der Waals surface area contributed by atoms with Gasteiger partial charge in [-0.1, -0.05) is 0 Å². The molecule has 0 bridgehead atoms. The van der Waals surface area contributed by atoms with Crippen LogP contribution in [0.3, 0.4) is 0 Å². The molecule has 1 unspecified atom stereocenters. The van der Waals surface area contributed by atoms with Gasteiger partial charge in [0, 0.05) is 32.2 Å². The zero-order chi connectivity index (χ0) is 13.1. The Morgan fingerprint density at radius 1 is 1.21 bits per heavy atom. The highest BCUT2D eigenvalue weighted by Gasteiger charge is 2.36. The van der Waals surface area contributed by atoms with Crippen LogP contribution in [0, 0.1) is 5.92 Å². The minimum Gasteiger partial charge on any atom is -0.378 e. The highest BCUT2D eigenvalue weighted by molar-refractivity contribution is 5.76. The fourth-order valence-corrected chi connectivity index (χ4v) is 3.73. The van der Waals surface area contributed by atoms with Gasteiger partial charge in [0.05, 0.1) is 6.10 Å². The summed E-state index contributed by atoms with van der Waals surface area (Å²) in [6, 6.07) is 0.559. The number of nitrogens with zero attached hydrogens (tertiary/aromatic N) is 1. The van der Waals surface area contributed by atoms with Gasteiger partial charge in [-0.2, -0.15) is 0 Å². The van der Waals surface area contributed by atoms with Crippen molar-refractivity contribution in [2.24, 2.45) is 5.92 Å². The molecule has 3 fully saturated rings. The Hall–Kier alpha value is -0.610. The molecule has 3 atom stereocenters. The van der Waals surface area contributed by atoms with Gasteiger partial charge in [-0.15, -0.1) is 0 Å². The van der Waals surface area contributed by atoms with E-state index in [1.165, 1.54) is 25.7 Å². The number of carbonyl (C=O) groups excluding carboxylic acids is 1. The van der Waals surface area contributed by atoms with E-state index < -0.39 is 0 Å². The van der Waals surface area contributed by atoms with E-state index in [1.54, 1.807) is 0 Å². The maximum atomic E-state index is 12.3. The van der Waals surface area contributed by atoms with Crippen molar-refractivity contribution in [3.05, 3.63) is 0 Å². The van der Waals surface area contributed by atoms with E-state index in [2.05, 4.69) is 10.2 Å². The molecule has 4 heteroatoms. The molecule has 4 nitrogen and oxygen atoms in total. The Kier molecular flexibility index (Phi) is 4.38. The van der Waals surface area contributed by atoms with Gasteiger partial charge in [0.15, 0.2) is 0 Å². The normalized spacial score (nSPS) is 35.2. The molecule has 0 aliphatic carbocycles. The van der Waals surface area contributed by atoms with Crippen molar-refractivity contribution in [3.63, 3.8) is 0 Å². The molecule has 1 N–H and O–H groups in total. The Morgan fingerprint density at radius 3 is 2.95 bits per heavy atom. The molecule has 108 valence electrons. The van der Waals surface area contributed by atoms with Crippen molar-refractivity contribution in [1.82, 2.24) is 10.2 Å². The zero-order valence-corrected chi connectivity index (χ0v) is 11.8. The minimum atomic E-state index is 0.334. The van der Waals surface area contributed by atoms with Gasteiger partial charge < -0.3 is 15.0 Å². The lowest BCUT2D eigenvalue weighted by atomic mass is 9.94. The first-order valence-corrected chi connectivity index (χ1v) is 7.95. The standard InChI is InChI=1S/C15H26N2O2/c18-15(7-6-13-5-1-2-9-19-13)17-10-12-4-3-8-16-14(12)11-17/h12-14,16H,1-11H2/t12-,13?,14+/m0/s1. The fourth-order valence-electron chi connectivity index (χ4n) is 3.73. The SMILES string of the molecule is O=C(CCC1CCCCO1)N1C[C@@H]2CCCN[C@@H]2C1. The van der Waals surface area contributed by atoms with Crippen LogP contribution in [0.1, 0.15) is 44.9 Å². The molecular formula is C15H26N2O2. The van der Waals surface area contributed by atoms with Gasteiger partial charge in [0.25, 0.3) is 0 Å². The Bertz CT molecular complexity index is 301. The summed E-state index contributed by atoms with van der Waals surface area (Å²) in [6.07, 6.45) is 8.05. The van der Waals surface area contributed by atoms with Crippen LogP contribution < -0.4 is 5.32 Å². The lowest BCUT2D eigenvalue weighted by Crippen LogP contribution is -2.41. The number of ether oxygens (including phenoxy) is 1. The van der Waals surface area contributed by atoms with Gasteiger partial charge in [-0.05, 0) is 51.0 Å². The minimum absolute atomic E-state index is 0.334. The van der Waals surface area contributed by atoms with E-state index in [9.17, 15) is 4.79 Å². The first kappa shape index (κ1) is 13.4. The molecule has 3 saturated heterocycles. The van der Waals surface area contributed by atoms with Crippen molar-refractivity contribution in [2.75, 3.05) is 26.2 Å². The molecule has 19 heavy (non-hydrogen) atoms. The second-order valence-corrected chi connectivity index (χ2v) is 6.29. The third-order valence-corrected chi connectivity index (χ3v) is 4.91. The fraction of sp³-hybridized carbons (Fsp3) is 0.933. The lowest BCUT2D eigenvalue weighted by Gasteiger charge is -2.24. The summed E-state index contributed by atoms with van der Waals surface area (Å²) in [4.78, 5) is 14.4. The number of rotatable bonds is 3. The first-order chi connectivity index (χ1) is 9.33. The van der Waals surface area contributed by atoms with Crippen molar-refractivity contribution in [2.45, 2.75) is 57.1 Å². The summed E-state index contributed by atoms with van der Waals surface area (Å²) in [5, 5.41) is 3.55. The number of likely N-dealkylation sites (tertiary alicyclic amines) is 1. The Labute approximate surface area is 115 Å². The van der Waals surface area contributed by atoms with Gasteiger partial charge in [0.2, 0.25) is 5.91 Å². The number of carbonyl (C=O) groups is 1. The highest BCUT2D eigenvalue weighted by atomic mass is 16.5. The van der Waals surface area contributed by atoms with Crippen LogP contribution in [0.5, 0.6) is 0 Å². The summed E-state index contributed by atoms with van der Waals surface area (Å²) in [5.74, 6) is 1.04. The molecule has 0 radical (unpaired) electrons. The van der Waals surface area contributed by atoms with Crippen molar-refractivity contribution < 1.29 is 9.53 Å². The molecule has 0 aromatic rings. The van der Waals surface area contributed by atoms with E-state index in [4.69, 9.17) is 4.74 Å². The molecule has 0 saturated carbocycles.